The van der Waals surface area contributed by atoms with Crippen molar-refractivity contribution in [2.24, 2.45) is 0 Å². The first kappa shape index (κ1) is 21.1. The Bertz CT molecular complexity index is 1640. The van der Waals surface area contributed by atoms with Crippen molar-refractivity contribution in [1.29, 1.82) is 0 Å². The zero-order valence-electron chi connectivity index (χ0n) is 17.4. The van der Waals surface area contributed by atoms with Crippen molar-refractivity contribution in [2.45, 2.75) is 4.90 Å². The third-order valence-electron chi connectivity index (χ3n) is 5.23. The highest BCUT2D eigenvalue weighted by Crippen LogP contribution is 2.25. The maximum absolute atomic E-state index is 13.6. The summed E-state index contributed by atoms with van der Waals surface area (Å²) >= 11 is 6.05. The molecule has 0 aliphatic rings. The molecule has 7 nitrogen and oxygen atoms in total. The number of fused-ring (bicyclic) bond motifs is 1. The van der Waals surface area contributed by atoms with Crippen LogP contribution in [0.1, 0.15) is 0 Å². The minimum Gasteiger partial charge on any atom is -0.283 e. The van der Waals surface area contributed by atoms with Gasteiger partial charge in [0, 0.05) is 22.5 Å². The van der Waals surface area contributed by atoms with E-state index in [9.17, 15) is 13.2 Å². The summed E-state index contributed by atoms with van der Waals surface area (Å²) in [6.07, 6.45) is 2.71. The van der Waals surface area contributed by atoms with Crippen LogP contribution in [0.5, 0.6) is 0 Å². The third-order valence-corrected chi connectivity index (χ3v) is 6.61. The van der Waals surface area contributed by atoms with Crippen LogP contribution in [0.15, 0.2) is 94.9 Å². The van der Waals surface area contributed by atoms with E-state index in [1.807, 2.05) is 30.3 Å². The van der Waals surface area contributed by atoms with E-state index in [0.717, 1.165) is 11.9 Å². The van der Waals surface area contributed by atoms with Crippen LogP contribution in [0.2, 0.25) is 5.02 Å². The predicted octanol–water partition coefficient (Wildman–Crippen LogP) is 4.30. The van der Waals surface area contributed by atoms with E-state index in [1.165, 1.54) is 16.7 Å². The van der Waals surface area contributed by atoms with Crippen molar-refractivity contribution in [3.05, 3.63) is 101 Å². The summed E-state index contributed by atoms with van der Waals surface area (Å²) < 4.78 is 27.0. The van der Waals surface area contributed by atoms with Gasteiger partial charge in [-0.1, -0.05) is 29.8 Å². The first-order valence-corrected chi connectivity index (χ1v) is 12.2. The monoisotopic (exact) mass is 476 g/mol. The molecular formula is C24H17ClN4O3S. The molecule has 0 aliphatic heterocycles. The van der Waals surface area contributed by atoms with Crippen LogP contribution in [-0.4, -0.2) is 33.8 Å². The molecule has 0 saturated heterocycles. The molecule has 9 heteroatoms. The highest BCUT2D eigenvalue weighted by atomic mass is 35.5. The van der Waals surface area contributed by atoms with Crippen LogP contribution in [0.25, 0.3) is 33.9 Å². The minimum atomic E-state index is -3.36. The number of aromatic nitrogens is 4. The van der Waals surface area contributed by atoms with Crippen LogP contribution in [-0.2, 0) is 9.84 Å². The molecule has 0 fully saturated rings. The van der Waals surface area contributed by atoms with Gasteiger partial charge in [-0.2, -0.15) is 0 Å². The van der Waals surface area contributed by atoms with Gasteiger partial charge in [0.05, 0.1) is 10.6 Å². The second-order valence-corrected chi connectivity index (χ2v) is 9.92. The SMILES string of the molecule is CS(=O)(=O)c1ccc(-c2nc3c(ncn3-c3ccccc3)c(=O)n2-c2ccc(Cl)cc2)cc1. The van der Waals surface area contributed by atoms with Gasteiger partial charge in [-0.3, -0.25) is 13.9 Å². The smallest absolute Gasteiger partial charge is 0.283 e. The number of benzene rings is 3. The summed E-state index contributed by atoms with van der Waals surface area (Å²) in [4.78, 5) is 22.9. The fourth-order valence-electron chi connectivity index (χ4n) is 3.60. The average Bonchev–Trinajstić information content (AvgIpc) is 3.24. The molecule has 3 aromatic carbocycles. The van der Waals surface area contributed by atoms with Gasteiger partial charge in [-0.05, 0) is 60.7 Å². The molecular weight excluding hydrogens is 460 g/mol. The summed E-state index contributed by atoms with van der Waals surface area (Å²) in [5.41, 5.74) is 2.23. The Balaban J connectivity index is 1.82. The Morgan fingerprint density at radius 2 is 1.52 bits per heavy atom. The molecule has 0 atom stereocenters. The van der Waals surface area contributed by atoms with Crippen molar-refractivity contribution < 1.29 is 8.42 Å². The zero-order chi connectivity index (χ0) is 23.2. The first-order valence-electron chi connectivity index (χ1n) is 9.95. The van der Waals surface area contributed by atoms with E-state index in [-0.39, 0.29) is 16.0 Å². The number of hydrogen-bond donors (Lipinski definition) is 0. The lowest BCUT2D eigenvalue weighted by atomic mass is 10.2. The second kappa shape index (κ2) is 7.99. The predicted molar refractivity (Wildman–Crippen MR) is 128 cm³/mol. The summed E-state index contributed by atoms with van der Waals surface area (Å²) in [5, 5.41) is 0.535. The number of rotatable bonds is 4. The van der Waals surface area contributed by atoms with Crippen molar-refractivity contribution in [2.75, 3.05) is 6.26 Å². The minimum absolute atomic E-state index is 0.182. The Hall–Kier alpha value is -3.75. The standard InChI is InChI=1S/C24H17ClN4O3S/c1-33(31,32)20-13-7-16(8-14-20)22-27-23-21(26-15-28(23)18-5-3-2-4-6-18)24(30)29(22)19-11-9-17(25)10-12-19/h2-15H,1H3. The van der Waals surface area contributed by atoms with E-state index in [2.05, 4.69) is 4.98 Å². The Kier molecular flexibility index (Phi) is 5.11. The Labute approximate surface area is 194 Å². The van der Waals surface area contributed by atoms with Crippen molar-refractivity contribution in [3.8, 4) is 22.8 Å². The number of hydrogen-bond acceptors (Lipinski definition) is 5. The van der Waals surface area contributed by atoms with Crippen LogP contribution in [0, 0.1) is 0 Å². The van der Waals surface area contributed by atoms with E-state index in [1.54, 1.807) is 47.3 Å². The molecule has 164 valence electrons. The van der Waals surface area contributed by atoms with E-state index in [0.29, 0.717) is 27.7 Å². The molecule has 0 saturated carbocycles. The topological polar surface area (TPSA) is 86.8 Å². The molecule has 2 heterocycles. The Morgan fingerprint density at radius 3 is 2.15 bits per heavy atom. The lowest BCUT2D eigenvalue weighted by Gasteiger charge is -2.14. The molecule has 2 aromatic heterocycles. The van der Waals surface area contributed by atoms with Crippen molar-refractivity contribution in [3.63, 3.8) is 0 Å². The van der Waals surface area contributed by atoms with E-state index < -0.39 is 9.84 Å². The third kappa shape index (κ3) is 3.83. The van der Waals surface area contributed by atoms with Crippen LogP contribution < -0.4 is 5.56 Å². The van der Waals surface area contributed by atoms with Crippen LogP contribution >= 0.6 is 11.6 Å². The number of nitrogens with zero attached hydrogens (tertiary/aromatic N) is 4. The normalized spacial score (nSPS) is 11.7. The van der Waals surface area contributed by atoms with Gasteiger partial charge in [0.25, 0.3) is 5.56 Å². The first-order chi connectivity index (χ1) is 15.8. The largest absolute Gasteiger partial charge is 0.286 e. The second-order valence-electron chi connectivity index (χ2n) is 7.47. The quantitative estimate of drug-likeness (QED) is 0.386. The van der Waals surface area contributed by atoms with Gasteiger partial charge in [-0.25, -0.2) is 18.4 Å². The van der Waals surface area contributed by atoms with Gasteiger partial charge >= 0.3 is 0 Å². The highest BCUT2D eigenvalue weighted by Gasteiger charge is 2.19. The number of halogens is 1. The van der Waals surface area contributed by atoms with E-state index >= 15 is 0 Å². The van der Waals surface area contributed by atoms with Gasteiger partial charge in [-0.15, -0.1) is 0 Å². The average molecular weight is 477 g/mol. The fourth-order valence-corrected chi connectivity index (χ4v) is 4.36. The summed E-state index contributed by atoms with van der Waals surface area (Å²) in [5.74, 6) is 0.354. The lowest BCUT2D eigenvalue weighted by Crippen LogP contribution is -2.22. The molecule has 0 aliphatic carbocycles. The van der Waals surface area contributed by atoms with Crippen molar-refractivity contribution in [1.82, 2.24) is 19.1 Å². The van der Waals surface area contributed by atoms with Crippen LogP contribution in [0.4, 0.5) is 0 Å². The summed E-state index contributed by atoms with van der Waals surface area (Å²) in [7, 11) is -3.36. The van der Waals surface area contributed by atoms with Gasteiger partial charge < -0.3 is 0 Å². The summed E-state index contributed by atoms with van der Waals surface area (Å²) in [6.45, 7) is 0. The van der Waals surface area contributed by atoms with Gasteiger partial charge in [0.1, 0.15) is 12.2 Å². The van der Waals surface area contributed by atoms with Gasteiger partial charge in [0.15, 0.2) is 21.0 Å². The molecule has 33 heavy (non-hydrogen) atoms. The fraction of sp³-hybridized carbons (Fsp3) is 0.0417. The van der Waals surface area contributed by atoms with Crippen molar-refractivity contribution >= 4 is 32.6 Å². The highest BCUT2D eigenvalue weighted by molar-refractivity contribution is 7.90. The van der Waals surface area contributed by atoms with Crippen LogP contribution in [0.3, 0.4) is 0 Å². The molecule has 0 spiro atoms. The molecule has 5 rings (SSSR count). The zero-order valence-corrected chi connectivity index (χ0v) is 19.0. The molecule has 5 aromatic rings. The molecule has 0 unspecified atom stereocenters. The molecule has 0 radical (unpaired) electrons. The number of para-hydroxylation sites is 1. The van der Waals surface area contributed by atoms with Gasteiger partial charge in [0.2, 0.25) is 0 Å². The maximum atomic E-state index is 13.6. The number of sulfone groups is 1. The molecule has 0 bridgehead atoms. The number of imidazole rings is 1. The summed E-state index contributed by atoms with van der Waals surface area (Å²) in [6, 6.07) is 22.6. The maximum Gasteiger partial charge on any atom is 0.286 e. The van der Waals surface area contributed by atoms with E-state index in [4.69, 9.17) is 16.6 Å². The lowest BCUT2D eigenvalue weighted by molar-refractivity contribution is 0.602. The molecule has 0 N–H and O–H groups in total. The molecule has 0 amide bonds. The Morgan fingerprint density at radius 1 is 0.848 bits per heavy atom.